The van der Waals surface area contributed by atoms with Crippen LogP contribution in [0.4, 0.5) is 5.69 Å². The number of para-hydroxylation sites is 1. The van der Waals surface area contributed by atoms with Crippen LogP contribution in [0.2, 0.25) is 6.04 Å². The van der Waals surface area contributed by atoms with Gasteiger partial charge in [0.05, 0.1) is 17.1 Å². The lowest BCUT2D eigenvalue weighted by Gasteiger charge is -2.25. The zero-order chi connectivity index (χ0) is 16.9. The maximum Gasteiger partial charge on any atom is 0.274 e. The Morgan fingerprint density at radius 3 is 2.26 bits per heavy atom. The molecule has 0 saturated carbocycles. The molecule has 1 unspecified atom stereocenters. The third-order valence-corrected chi connectivity index (χ3v) is 6.89. The lowest BCUT2D eigenvalue weighted by atomic mass is 10.0. The Kier molecular flexibility index (Phi) is 5.68. The van der Waals surface area contributed by atoms with E-state index in [2.05, 4.69) is 32.9 Å². The van der Waals surface area contributed by atoms with Crippen LogP contribution >= 0.6 is 0 Å². The van der Waals surface area contributed by atoms with Crippen molar-refractivity contribution in [1.29, 1.82) is 0 Å². The second kappa shape index (κ2) is 7.52. The van der Waals surface area contributed by atoms with Gasteiger partial charge < -0.3 is 4.43 Å². The molecule has 0 aliphatic heterocycles. The summed E-state index contributed by atoms with van der Waals surface area (Å²) in [5, 5.41) is 12.4. The first-order valence-corrected chi connectivity index (χ1v) is 9.62. The minimum atomic E-state index is -1.66. The average Bonchev–Trinajstić information content (AvgIpc) is 2.51. The highest BCUT2D eigenvalue weighted by Crippen LogP contribution is 2.24. The lowest BCUT2D eigenvalue weighted by molar-refractivity contribution is -0.385. The van der Waals surface area contributed by atoms with Gasteiger partial charge >= 0.3 is 0 Å². The molecular weight excluding hydrogens is 306 g/mol. The zero-order valence-electron chi connectivity index (χ0n) is 13.9. The Bertz CT molecular complexity index is 653. The minimum absolute atomic E-state index is 0.129. The molecule has 2 rings (SSSR count). The van der Waals surface area contributed by atoms with E-state index >= 15 is 0 Å². The monoisotopic (exact) mass is 329 g/mol. The summed E-state index contributed by atoms with van der Waals surface area (Å²) in [6, 6.07) is 18.0. The van der Waals surface area contributed by atoms with Crippen molar-refractivity contribution in [2.45, 2.75) is 33.4 Å². The average molecular weight is 329 g/mol. The summed E-state index contributed by atoms with van der Waals surface area (Å²) in [5.41, 5.74) is 0.930. The van der Waals surface area contributed by atoms with Crippen LogP contribution in [0, 0.1) is 15.5 Å². The molecule has 0 radical (unpaired) electrons. The first-order chi connectivity index (χ1) is 10.9. The highest BCUT2D eigenvalue weighted by molar-refractivity contribution is 6.67. The van der Waals surface area contributed by atoms with Crippen molar-refractivity contribution < 1.29 is 9.35 Å². The van der Waals surface area contributed by atoms with E-state index in [-0.39, 0.29) is 16.0 Å². The summed E-state index contributed by atoms with van der Waals surface area (Å²) in [5.74, 6) is 0. The van der Waals surface area contributed by atoms with E-state index < -0.39 is 9.04 Å². The Morgan fingerprint density at radius 1 is 1.04 bits per heavy atom. The topological polar surface area (TPSA) is 52.4 Å². The van der Waals surface area contributed by atoms with E-state index in [1.165, 1.54) is 11.3 Å². The highest BCUT2D eigenvalue weighted by Gasteiger charge is 2.24. The van der Waals surface area contributed by atoms with Gasteiger partial charge in [0, 0.05) is 6.07 Å². The third kappa shape index (κ3) is 5.30. The van der Waals surface area contributed by atoms with Gasteiger partial charge in [0.1, 0.15) is 0 Å². The minimum Gasteiger partial charge on any atom is -0.411 e. The summed E-state index contributed by atoms with van der Waals surface area (Å²) in [6.07, 6.45) is 0. The van der Waals surface area contributed by atoms with E-state index in [0.717, 1.165) is 6.04 Å². The summed E-state index contributed by atoms with van der Waals surface area (Å²) in [7, 11) is -1.66. The number of hydrogen-bond donors (Lipinski definition) is 0. The number of nitro groups is 1. The van der Waals surface area contributed by atoms with Gasteiger partial charge in [-0.3, -0.25) is 10.1 Å². The van der Waals surface area contributed by atoms with Gasteiger partial charge in [-0.05, 0) is 22.7 Å². The quantitative estimate of drug-likeness (QED) is 0.460. The molecule has 1 atom stereocenters. The molecule has 0 saturated heterocycles. The van der Waals surface area contributed by atoms with E-state index in [0.29, 0.717) is 12.2 Å². The second-order valence-electron chi connectivity index (χ2n) is 6.86. The van der Waals surface area contributed by atoms with Crippen molar-refractivity contribution >= 4 is 19.9 Å². The molecule has 2 aromatic carbocycles. The normalized spacial score (nSPS) is 12.8. The Hall–Kier alpha value is -1.98. The Balaban J connectivity index is 2.18. The van der Waals surface area contributed by atoms with Crippen LogP contribution < -0.4 is 5.19 Å². The molecule has 0 aromatic heterocycles. The molecule has 5 heteroatoms. The van der Waals surface area contributed by atoms with Crippen LogP contribution in [0.5, 0.6) is 0 Å². The summed E-state index contributed by atoms with van der Waals surface area (Å²) in [6.45, 7) is 6.89. The van der Waals surface area contributed by atoms with Gasteiger partial charge in [-0.2, -0.15) is 0 Å². The van der Waals surface area contributed by atoms with Crippen molar-refractivity contribution in [3.63, 3.8) is 0 Å². The first-order valence-electron chi connectivity index (χ1n) is 7.76. The molecule has 23 heavy (non-hydrogen) atoms. The molecule has 122 valence electrons. The summed E-state index contributed by atoms with van der Waals surface area (Å²) in [4.78, 5) is 10.8. The predicted molar refractivity (Wildman–Crippen MR) is 95.4 cm³/mol. The van der Waals surface area contributed by atoms with Crippen LogP contribution in [0.1, 0.15) is 26.3 Å². The van der Waals surface area contributed by atoms with Gasteiger partial charge in [0.25, 0.3) is 5.69 Å². The molecule has 0 N–H and O–H groups in total. The Labute approximate surface area is 139 Å². The lowest BCUT2D eigenvalue weighted by Crippen LogP contribution is -2.36. The van der Waals surface area contributed by atoms with Crippen molar-refractivity contribution in [3.8, 4) is 0 Å². The largest absolute Gasteiger partial charge is 0.411 e. The van der Waals surface area contributed by atoms with Crippen LogP contribution in [-0.2, 0) is 11.0 Å². The summed E-state index contributed by atoms with van der Waals surface area (Å²) >= 11 is 0. The van der Waals surface area contributed by atoms with Crippen LogP contribution in [0.25, 0.3) is 0 Å². The maximum absolute atomic E-state index is 11.1. The summed E-state index contributed by atoms with van der Waals surface area (Å²) < 4.78 is 6.22. The van der Waals surface area contributed by atoms with Crippen LogP contribution in [0.15, 0.2) is 54.6 Å². The van der Waals surface area contributed by atoms with Crippen molar-refractivity contribution in [3.05, 3.63) is 70.3 Å². The molecule has 4 nitrogen and oxygen atoms in total. The fraction of sp³-hybridized carbons (Fsp3) is 0.333. The smallest absolute Gasteiger partial charge is 0.274 e. The van der Waals surface area contributed by atoms with Crippen LogP contribution in [-0.4, -0.2) is 14.0 Å². The number of hydrogen-bond acceptors (Lipinski definition) is 3. The number of benzene rings is 2. The fourth-order valence-corrected chi connectivity index (χ4v) is 5.19. The van der Waals surface area contributed by atoms with Gasteiger partial charge in [-0.25, -0.2) is 0 Å². The predicted octanol–water partition coefficient (Wildman–Crippen LogP) is 3.79. The van der Waals surface area contributed by atoms with E-state index in [1.54, 1.807) is 12.1 Å². The number of nitrogens with zero attached hydrogens (tertiary/aromatic N) is 1. The molecule has 0 amide bonds. The zero-order valence-corrected chi connectivity index (χ0v) is 15.0. The fourth-order valence-electron chi connectivity index (χ4n) is 2.50. The first kappa shape index (κ1) is 17.4. The Morgan fingerprint density at radius 2 is 1.65 bits per heavy atom. The van der Waals surface area contributed by atoms with Crippen LogP contribution in [0.3, 0.4) is 0 Å². The molecule has 0 aliphatic rings. The number of nitro benzene ring substituents is 1. The molecule has 0 spiro atoms. The molecule has 0 fully saturated rings. The maximum atomic E-state index is 11.1. The van der Waals surface area contributed by atoms with Crippen molar-refractivity contribution in [2.75, 3.05) is 0 Å². The molecule has 0 heterocycles. The van der Waals surface area contributed by atoms with Gasteiger partial charge in [-0.1, -0.05) is 63.2 Å². The third-order valence-electron chi connectivity index (χ3n) is 3.60. The SMILES string of the molecule is CC(C)(C)C[SiH](OCc1ccccc1[N+](=O)[O-])c1ccccc1. The number of rotatable bonds is 6. The van der Waals surface area contributed by atoms with E-state index in [9.17, 15) is 10.1 Å². The van der Waals surface area contributed by atoms with Crippen molar-refractivity contribution in [2.24, 2.45) is 5.41 Å². The molecule has 0 aliphatic carbocycles. The van der Waals surface area contributed by atoms with E-state index in [1.807, 2.05) is 24.3 Å². The molecular formula is C18H23NO3Si. The van der Waals surface area contributed by atoms with Gasteiger partial charge in [0.15, 0.2) is 0 Å². The standard InChI is InChI=1S/C18H23NO3Si/c1-18(2,3)14-23(16-10-5-4-6-11-16)22-13-15-9-7-8-12-17(15)19(20)21/h4-12,23H,13-14H2,1-3H3. The molecule has 0 bridgehead atoms. The van der Waals surface area contributed by atoms with E-state index in [4.69, 9.17) is 4.43 Å². The van der Waals surface area contributed by atoms with Crippen molar-refractivity contribution in [1.82, 2.24) is 0 Å². The van der Waals surface area contributed by atoms with Gasteiger partial charge in [-0.15, -0.1) is 0 Å². The highest BCUT2D eigenvalue weighted by atomic mass is 28.3. The van der Waals surface area contributed by atoms with Gasteiger partial charge in [0.2, 0.25) is 9.04 Å². The second-order valence-corrected chi connectivity index (χ2v) is 9.25. The molecule has 2 aromatic rings.